The Hall–Kier alpha value is -1.30. The molecule has 0 aromatic carbocycles. The molecule has 2 aliphatic rings. The molecule has 1 aliphatic heterocycles. The zero-order valence-electron chi connectivity index (χ0n) is 9.02. The summed E-state index contributed by atoms with van der Waals surface area (Å²) in [6.45, 7) is 1.78. The van der Waals surface area contributed by atoms with Crippen molar-refractivity contribution in [3.05, 3.63) is 0 Å². The fraction of sp³-hybridized carbons (Fsp3) is 0.800. The summed E-state index contributed by atoms with van der Waals surface area (Å²) < 4.78 is 4.99. The summed E-state index contributed by atoms with van der Waals surface area (Å²) in [4.78, 5) is 23.4. The molecule has 0 aromatic rings. The molecule has 2 fully saturated rings. The number of hydrogen-bond acceptors (Lipinski definition) is 4. The second-order valence-electron chi connectivity index (χ2n) is 4.44. The first-order valence-electron chi connectivity index (χ1n) is 5.52. The molecule has 1 aliphatic carbocycles. The highest BCUT2D eigenvalue weighted by atomic mass is 16.6. The van der Waals surface area contributed by atoms with Crippen LogP contribution < -0.4 is 5.32 Å². The number of aliphatic carboxylic acids is 1. The molecule has 1 saturated heterocycles. The number of carboxylic acid groups (broad SMARTS) is 1. The second-order valence-corrected chi connectivity index (χ2v) is 4.44. The lowest BCUT2D eigenvalue weighted by molar-refractivity contribution is -0.138. The summed E-state index contributed by atoms with van der Waals surface area (Å²) in [7, 11) is 0. The van der Waals surface area contributed by atoms with E-state index in [0.717, 1.165) is 6.54 Å². The SMILES string of the molecule is O=C(O)CN(CC1CC1)CC1CNC(=O)O1. The normalized spacial score (nSPS) is 24.3. The first-order valence-corrected chi connectivity index (χ1v) is 5.52. The average Bonchev–Trinajstić information content (AvgIpc) is 2.89. The fourth-order valence-corrected chi connectivity index (χ4v) is 1.88. The van der Waals surface area contributed by atoms with Gasteiger partial charge in [-0.15, -0.1) is 0 Å². The number of rotatable bonds is 6. The molecule has 0 radical (unpaired) electrons. The number of hydrogen-bond donors (Lipinski definition) is 2. The summed E-state index contributed by atoms with van der Waals surface area (Å²) in [5.41, 5.74) is 0. The molecule has 1 amide bonds. The summed E-state index contributed by atoms with van der Waals surface area (Å²) in [5.74, 6) is -0.206. The molecule has 0 spiro atoms. The zero-order valence-corrected chi connectivity index (χ0v) is 9.02. The van der Waals surface area contributed by atoms with Gasteiger partial charge in [0.15, 0.2) is 0 Å². The van der Waals surface area contributed by atoms with E-state index in [1.807, 2.05) is 4.90 Å². The summed E-state index contributed by atoms with van der Waals surface area (Å²) >= 11 is 0. The molecule has 2 N–H and O–H groups in total. The Morgan fingerprint density at radius 2 is 2.25 bits per heavy atom. The van der Waals surface area contributed by atoms with Gasteiger partial charge in [-0.2, -0.15) is 0 Å². The molecule has 1 heterocycles. The van der Waals surface area contributed by atoms with Gasteiger partial charge >= 0.3 is 12.1 Å². The van der Waals surface area contributed by atoms with Crippen LogP contribution in [0.15, 0.2) is 0 Å². The molecule has 6 nitrogen and oxygen atoms in total. The van der Waals surface area contributed by atoms with Crippen LogP contribution in [0.1, 0.15) is 12.8 Å². The second kappa shape index (κ2) is 4.69. The minimum Gasteiger partial charge on any atom is -0.480 e. The van der Waals surface area contributed by atoms with E-state index in [9.17, 15) is 9.59 Å². The number of carbonyl (C=O) groups is 2. The van der Waals surface area contributed by atoms with Crippen molar-refractivity contribution >= 4 is 12.1 Å². The highest BCUT2D eigenvalue weighted by Gasteiger charge is 2.29. The van der Waals surface area contributed by atoms with E-state index in [1.54, 1.807) is 0 Å². The molecule has 0 bridgehead atoms. The lowest BCUT2D eigenvalue weighted by Gasteiger charge is -2.22. The molecule has 1 unspecified atom stereocenters. The van der Waals surface area contributed by atoms with E-state index in [4.69, 9.17) is 9.84 Å². The fourth-order valence-electron chi connectivity index (χ4n) is 1.88. The van der Waals surface area contributed by atoms with Crippen LogP contribution in [0.25, 0.3) is 0 Å². The van der Waals surface area contributed by atoms with Gasteiger partial charge in [-0.3, -0.25) is 9.69 Å². The van der Waals surface area contributed by atoms with E-state index >= 15 is 0 Å². The minimum absolute atomic E-state index is 0.0184. The molecule has 0 aromatic heterocycles. The van der Waals surface area contributed by atoms with Crippen LogP contribution in [0.3, 0.4) is 0 Å². The van der Waals surface area contributed by atoms with Crippen molar-refractivity contribution in [3.63, 3.8) is 0 Å². The van der Waals surface area contributed by atoms with Crippen molar-refractivity contribution < 1.29 is 19.4 Å². The third-order valence-electron chi connectivity index (χ3n) is 2.78. The molecule has 1 saturated carbocycles. The van der Waals surface area contributed by atoms with E-state index in [1.165, 1.54) is 12.8 Å². The number of nitrogens with zero attached hydrogens (tertiary/aromatic N) is 1. The third kappa shape index (κ3) is 3.37. The molecular formula is C10H16N2O4. The molecular weight excluding hydrogens is 212 g/mol. The lowest BCUT2D eigenvalue weighted by Crippen LogP contribution is -2.39. The van der Waals surface area contributed by atoms with Crippen LogP contribution in [0.4, 0.5) is 4.79 Å². The highest BCUT2D eigenvalue weighted by molar-refractivity contribution is 5.70. The van der Waals surface area contributed by atoms with Crippen LogP contribution in [0.5, 0.6) is 0 Å². The van der Waals surface area contributed by atoms with Gasteiger partial charge in [-0.25, -0.2) is 4.79 Å². The summed E-state index contributed by atoms with van der Waals surface area (Å²) in [5, 5.41) is 11.3. The van der Waals surface area contributed by atoms with Gasteiger partial charge in [0, 0.05) is 13.1 Å². The monoisotopic (exact) mass is 228 g/mol. The van der Waals surface area contributed by atoms with Crippen LogP contribution in [-0.4, -0.2) is 54.4 Å². The van der Waals surface area contributed by atoms with Crippen molar-refractivity contribution in [2.75, 3.05) is 26.2 Å². The van der Waals surface area contributed by atoms with Crippen molar-refractivity contribution in [1.29, 1.82) is 0 Å². The highest BCUT2D eigenvalue weighted by Crippen LogP contribution is 2.29. The standard InChI is InChI=1S/C10H16N2O4/c13-9(14)6-12(4-7-1-2-7)5-8-3-11-10(15)16-8/h7-8H,1-6H2,(H,11,15)(H,13,14). The van der Waals surface area contributed by atoms with Crippen molar-refractivity contribution in [1.82, 2.24) is 10.2 Å². The van der Waals surface area contributed by atoms with E-state index < -0.39 is 12.1 Å². The molecule has 90 valence electrons. The van der Waals surface area contributed by atoms with Gasteiger partial charge in [0.2, 0.25) is 0 Å². The van der Waals surface area contributed by atoms with Crippen LogP contribution in [-0.2, 0) is 9.53 Å². The van der Waals surface area contributed by atoms with Crippen molar-refractivity contribution in [2.24, 2.45) is 5.92 Å². The number of nitrogens with one attached hydrogen (secondary N) is 1. The maximum atomic E-state index is 10.8. The minimum atomic E-state index is -0.835. The maximum absolute atomic E-state index is 10.8. The first-order chi connectivity index (χ1) is 7.63. The molecule has 1 atom stereocenters. The molecule has 16 heavy (non-hydrogen) atoms. The largest absolute Gasteiger partial charge is 0.480 e. The number of amides is 1. The number of carbonyl (C=O) groups excluding carboxylic acids is 1. The predicted molar refractivity (Wildman–Crippen MR) is 55.1 cm³/mol. The lowest BCUT2D eigenvalue weighted by atomic mass is 10.3. The maximum Gasteiger partial charge on any atom is 0.407 e. The number of ether oxygens (including phenoxy) is 1. The Morgan fingerprint density at radius 1 is 1.50 bits per heavy atom. The Labute approximate surface area is 93.6 Å². The topological polar surface area (TPSA) is 78.9 Å². The Kier molecular flexibility index (Phi) is 3.28. The first kappa shape index (κ1) is 11.2. The van der Waals surface area contributed by atoms with E-state index in [-0.39, 0.29) is 12.6 Å². The van der Waals surface area contributed by atoms with Crippen LogP contribution in [0, 0.1) is 5.92 Å². The van der Waals surface area contributed by atoms with Gasteiger partial charge in [0.1, 0.15) is 6.10 Å². The van der Waals surface area contributed by atoms with Gasteiger partial charge in [0.05, 0.1) is 13.1 Å². The third-order valence-corrected chi connectivity index (χ3v) is 2.78. The van der Waals surface area contributed by atoms with Crippen molar-refractivity contribution in [2.45, 2.75) is 18.9 Å². The smallest absolute Gasteiger partial charge is 0.407 e. The number of cyclic esters (lactones) is 1. The summed E-state index contributed by atoms with van der Waals surface area (Å²) in [6, 6.07) is 0. The van der Waals surface area contributed by atoms with Crippen molar-refractivity contribution in [3.8, 4) is 0 Å². The number of alkyl carbamates (subject to hydrolysis) is 1. The Morgan fingerprint density at radius 3 is 2.75 bits per heavy atom. The average molecular weight is 228 g/mol. The van der Waals surface area contributed by atoms with Gasteiger partial charge in [0.25, 0.3) is 0 Å². The van der Waals surface area contributed by atoms with Gasteiger partial charge < -0.3 is 15.2 Å². The quantitative estimate of drug-likeness (QED) is 0.663. The van der Waals surface area contributed by atoms with Gasteiger partial charge in [-0.1, -0.05) is 0 Å². The number of carboxylic acids is 1. The van der Waals surface area contributed by atoms with E-state index in [2.05, 4.69) is 5.32 Å². The Bertz CT molecular complexity index is 291. The van der Waals surface area contributed by atoms with E-state index in [0.29, 0.717) is 19.0 Å². The molecule has 6 heteroatoms. The Balaban J connectivity index is 1.80. The van der Waals surface area contributed by atoms with Gasteiger partial charge in [-0.05, 0) is 18.8 Å². The van der Waals surface area contributed by atoms with Crippen LogP contribution in [0.2, 0.25) is 0 Å². The molecule has 2 rings (SSSR count). The predicted octanol–water partition coefficient (Wildman–Crippen LogP) is -0.109. The zero-order chi connectivity index (χ0) is 11.5. The van der Waals surface area contributed by atoms with Crippen LogP contribution >= 0.6 is 0 Å². The summed E-state index contributed by atoms with van der Waals surface area (Å²) in [6.07, 6.45) is 1.73.